The molecule has 1 saturated carbocycles. The Morgan fingerprint density at radius 1 is 0.929 bits per heavy atom. The van der Waals surface area contributed by atoms with Crippen LogP contribution in [0.25, 0.3) is 0 Å². The Morgan fingerprint density at radius 3 is 2.07 bits per heavy atom. The van der Waals surface area contributed by atoms with E-state index in [1.165, 1.54) is 0 Å². The summed E-state index contributed by atoms with van der Waals surface area (Å²) in [5, 5.41) is 2.83. The van der Waals surface area contributed by atoms with Crippen LogP contribution in [0, 0.1) is 5.92 Å². The maximum absolute atomic E-state index is 11.8. The molecule has 1 heterocycles. The predicted octanol–water partition coefficient (Wildman–Crippen LogP) is 2.85. The molecule has 0 bridgehead atoms. The molecule has 6 nitrogen and oxygen atoms in total. The average molecular weight is 381 g/mol. The Labute approximate surface area is 163 Å². The van der Waals surface area contributed by atoms with Crippen molar-refractivity contribution in [2.45, 2.75) is 44.0 Å². The number of alkyl carbamates (subject to hydrolysis) is 1. The summed E-state index contributed by atoms with van der Waals surface area (Å²) in [5.74, 6) is -0.404. The highest BCUT2D eigenvalue weighted by Gasteiger charge is 2.51. The predicted molar refractivity (Wildman–Crippen MR) is 101 cm³/mol. The molecule has 2 fully saturated rings. The highest BCUT2D eigenvalue weighted by atomic mass is 16.6. The minimum absolute atomic E-state index is 0.340. The standard InChI is InChI=1S/C22H23NO5/c24-12-17-11-18-19(23-22(25)28-18)21(27-14-16-9-5-2-6-10-16)20(17)26-13-15-7-3-1-4-8-15/h1-10,12,17-21H,11,13-14H2,(H,23,25)/t17-,18+,19+,20-,21-/m1/s1. The molecule has 0 unspecified atom stereocenters. The summed E-state index contributed by atoms with van der Waals surface area (Å²) in [6.07, 6.45) is -0.500. The lowest BCUT2D eigenvalue weighted by molar-refractivity contribution is -0.157. The number of hydrogen-bond donors (Lipinski definition) is 1. The number of ether oxygens (including phenoxy) is 3. The van der Waals surface area contributed by atoms with Gasteiger partial charge in [-0.1, -0.05) is 60.7 Å². The molecule has 2 aromatic carbocycles. The van der Waals surface area contributed by atoms with Crippen LogP contribution in [-0.2, 0) is 32.2 Å². The summed E-state index contributed by atoms with van der Waals surface area (Å²) >= 11 is 0. The lowest BCUT2D eigenvalue weighted by Gasteiger charge is -2.40. The van der Waals surface area contributed by atoms with Gasteiger partial charge in [0.05, 0.1) is 25.4 Å². The summed E-state index contributed by atoms with van der Waals surface area (Å²) < 4.78 is 17.7. The number of carbonyl (C=O) groups is 2. The van der Waals surface area contributed by atoms with Crippen LogP contribution in [0.1, 0.15) is 17.5 Å². The van der Waals surface area contributed by atoms with Crippen LogP contribution in [0.3, 0.4) is 0 Å². The molecular weight excluding hydrogens is 358 g/mol. The molecular formula is C22H23NO5. The summed E-state index contributed by atoms with van der Waals surface area (Å²) in [7, 11) is 0. The highest BCUT2D eigenvalue weighted by molar-refractivity contribution is 5.71. The summed E-state index contributed by atoms with van der Waals surface area (Å²) in [5.41, 5.74) is 2.03. The van der Waals surface area contributed by atoms with Gasteiger partial charge in [0.25, 0.3) is 0 Å². The van der Waals surface area contributed by atoms with Gasteiger partial charge < -0.3 is 24.3 Å². The van der Waals surface area contributed by atoms with Crippen molar-refractivity contribution in [1.82, 2.24) is 5.32 Å². The number of amides is 1. The molecule has 2 aliphatic rings. The molecule has 1 aliphatic heterocycles. The van der Waals surface area contributed by atoms with E-state index in [1.54, 1.807) is 0 Å². The minimum Gasteiger partial charge on any atom is -0.444 e. The second-order valence-electron chi connectivity index (χ2n) is 7.17. The fourth-order valence-electron chi connectivity index (χ4n) is 3.90. The van der Waals surface area contributed by atoms with Crippen molar-refractivity contribution in [2.24, 2.45) is 5.92 Å². The largest absolute Gasteiger partial charge is 0.444 e. The number of nitrogens with one attached hydrogen (secondary N) is 1. The van der Waals surface area contributed by atoms with Gasteiger partial charge in [-0.2, -0.15) is 0 Å². The molecule has 1 saturated heterocycles. The molecule has 28 heavy (non-hydrogen) atoms. The quantitative estimate of drug-likeness (QED) is 0.747. The molecule has 5 atom stereocenters. The number of carbonyl (C=O) groups excluding carboxylic acids is 2. The van der Waals surface area contributed by atoms with Crippen LogP contribution in [0.15, 0.2) is 60.7 Å². The third kappa shape index (κ3) is 4.08. The third-order valence-corrected chi connectivity index (χ3v) is 5.29. The van der Waals surface area contributed by atoms with Gasteiger partial charge in [-0.3, -0.25) is 0 Å². The minimum atomic E-state index is -0.482. The fraction of sp³-hybridized carbons (Fsp3) is 0.364. The smallest absolute Gasteiger partial charge is 0.407 e. The number of hydrogen-bond acceptors (Lipinski definition) is 5. The third-order valence-electron chi connectivity index (χ3n) is 5.29. The van der Waals surface area contributed by atoms with Crippen LogP contribution in [0.2, 0.25) is 0 Å². The zero-order chi connectivity index (χ0) is 19.3. The molecule has 4 rings (SSSR count). The van der Waals surface area contributed by atoms with Crippen LogP contribution >= 0.6 is 0 Å². The van der Waals surface area contributed by atoms with Crippen LogP contribution in [0.5, 0.6) is 0 Å². The van der Waals surface area contributed by atoms with E-state index < -0.39 is 24.2 Å². The fourth-order valence-corrected chi connectivity index (χ4v) is 3.90. The van der Waals surface area contributed by atoms with Crippen molar-refractivity contribution in [3.8, 4) is 0 Å². The van der Waals surface area contributed by atoms with E-state index in [1.807, 2.05) is 60.7 Å². The number of benzene rings is 2. The van der Waals surface area contributed by atoms with E-state index >= 15 is 0 Å². The monoisotopic (exact) mass is 381 g/mol. The molecule has 1 N–H and O–H groups in total. The topological polar surface area (TPSA) is 73.9 Å². The Morgan fingerprint density at radius 2 is 1.50 bits per heavy atom. The van der Waals surface area contributed by atoms with Gasteiger partial charge in [0.2, 0.25) is 0 Å². The van der Waals surface area contributed by atoms with E-state index in [0.29, 0.717) is 19.6 Å². The van der Waals surface area contributed by atoms with Gasteiger partial charge >= 0.3 is 6.09 Å². The summed E-state index contributed by atoms with van der Waals surface area (Å²) in [4.78, 5) is 23.6. The molecule has 0 spiro atoms. The van der Waals surface area contributed by atoms with Gasteiger partial charge in [0.15, 0.2) is 0 Å². The molecule has 0 aromatic heterocycles. The van der Waals surface area contributed by atoms with Crippen molar-refractivity contribution in [1.29, 1.82) is 0 Å². The first-order chi connectivity index (χ1) is 13.7. The van der Waals surface area contributed by atoms with Gasteiger partial charge in [-0.15, -0.1) is 0 Å². The van der Waals surface area contributed by atoms with Crippen molar-refractivity contribution < 1.29 is 23.8 Å². The maximum atomic E-state index is 11.8. The van der Waals surface area contributed by atoms with Crippen LogP contribution in [0.4, 0.5) is 4.79 Å². The van der Waals surface area contributed by atoms with E-state index in [-0.39, 0.29) is 12.1 Å². The van der Waals surface area contributed by atoms with Crippen molar-refractivity contribution in [3.05, 3.63) is 71.8 Å². The zero-order valence-electron chi connectivity index (χ0n) is 15.4. The van der Waals surface area contributed by atoms with E-state index in [4.69, 9.17) is 14.2 Å². The second kappa shape index (κ2) is 8.54. The SMILES string of the molecule is O=C[C@H]1C[C@@H]2OC(=O)N[C@@H]2[C@@H](OCc2ccccc2)[C@@H]1OCc1ccccc1. The average Bonchev–Trinajstić information content (AvgIpc) is 3.11. The van der Waals surface area contributed by atoms with E-state index in [2.05, 4.69) is 5.32 Å². The van der Waals surface area contributed by atoms with Crippen LogP contribution < -0.4 is 5.32 Å². The zero-order valence-corrected chi connectivity index (χ0v) is 15.4. The first-order valence-corrected chi connectivity index (χ1v) is 9.48. The lowest BCUT2D eigenvalue weighted by Crippen LogP contribution is -2.58. The van der Waals surface area contributed by atoms with E-state index in [0.717, 1.165) is 17.4 Å². The normalized spacial score (nSPS) is 28.9. The van der Waals surface area contributed by atoms with Gasteiger partial charge in [0.1, 0.15) is 18.5 Å². The van der Waals surface area contributed by atoms with Crippen LogP contribution in [-0.4, -0.2) is 36.7 Å². The molecule has 2 aromatic rings. The molecule has 6 heteroatoms. The Hall–Kier alpha value is -2.70. The highest BCUT2D eigenvalue weighted by Crippen LogP contribution is 2.34. The Kier molecular flexibility index (Phi) is 5.69. The maximum Gasteiger partial charge on any atom is 0.407 e. The van der Waals surface area contributed by atoms with Crippen molar-refractivity contribution in [3.63, 3.8) is 0 Å². The lowest BCUT2D eigenvalue weighted by atomic mass is 9.80. The molecule has 0 radical (unpaired) electrons. The first-order valence-electron chi connectivity index (χ1n) is 9.48. The number of aldehydes is 1. The van der Waals surface area contributed by atoms with Crippen molar-refractivity contribution in [2.75, 3.05) is 0 Å². The number of rotatable bonds is 7. The van der Waals surface area contributed by atoms with Gasteiger partial charge in [0, 0.05) is 5.92 Å². The molecule has 1 aliphatic carbocycles. The Balaban J connectivity index is 1.53. The number of fused-ring (bicyclic) bond motifs is 1. The summed E-state index contributed by atoms with van der Waals surface area (Å²) in [6, 6.07) is 19.2. The van der Waals surface area contributed by atoms with Gasteiger partial charge in [-0.05, 0) is 17.5 Å². The molecule has 146 valence electrons. The van der Waals surface area contributed by atoms with E-state index in [9.17, 15) is 9.59 Å². The summed E-state index contributed by atoms with van der Waals surface area (Å²) in [6.45, 7) is 0.731. The van der Waals surface area contributed by atoms with Gasteiger partial charge in [-0.25, -0.2) is 4.79 Å². The molecule has 1 amide bonds. The first kappa shape index (κ1) is 18.7. The van der Waals surface area contributed by atoms with Crippen molar-refractivity contribution >= 4 is 12.4 Å². The second-order valence-corrected chi connectivity index (χ2v) is 7.17. The Bertz CT molecular complexity index is 797.